The monoisotopic (exact) mass is 345 g/mol. The van der Waals surface area contributed by atoms with E-state index in [2.05, 4.69) is 41.1 Å². The molecule has 0 saturated heterocycles. The molecule has 1 aromatic heterocycles. The predicted molar refractivity (Wildman–Crippen MR) is 102 cm³/mol. The maximum absolute atomic E-state index is 12.7. The molecule has 0 N–H and O–H groups in total. The quantitative estimate of drug-likeness (QED) is 0.772. The van der Waals surface area contributed by atoms with E-state index in [-0.39, 0.29) is 5.91 Å². The van der Waals surface area contributed by atoms with E-state index in [9.17, 15) is 4.79 Å². The molecule has 5 heteroatoms. The zero-order chi connectivity index (χ0) is 17.7. The molecule has 4 nitrogen and oxygen atoms in total. The van der Waals surface area contributed by atoms with Gasteiger partial charge in [0.15, 0.2) is 0 Å². The van der Waals surface area contributed by atoms with Crippen molar-refractivity contribution >= 4 is 17.2 Å². The Morgan fingerprint density at radius 1 is 1.12 bits per heavy atom. The van der Waals surface area contributed by atoms with Gasteiger partial charge >= 0.3 is 0 Å². The molecule has 2 aromatic rings. The number of likely N-dealkylation sites (N-methyl/N-ethyl adjacent to an activating group) is 2. The first-order valence-electron chi connectivity index (χ1n) is 8.36. The van der Waals surface area contributed by atoms with Crippen LogP contribution < -0.4 is 0 Å². The van der Waals surface area contributed by atoms with E-state index in [0.717, 1.165) is 40.8 Å². The molecular weight excluding hydrogens is 318 g/mol. The molecule has 24 heavy (non-hydrogen) atoms. The lowest BCUT2D eigenvalue weighted by Crippen LogP contribution is -2.37. The van der Waals surface area contributed by atoms with E-state index in [1.54, 1.807) is 11.3 Å². The van der Waals surface area contributed by atoms with Crippen LogP contribution in [0.3, 0.4) is 0 Å². The van der Waals surface area contributed by atoms with E-state index in [1.807, 2.05) is 32.8 Å². The second kappa shape index (κ2) is 8.40. The van der Waals surface area contributed by atoms with Gasteiger partial charge in [0.1, 0.15) is 0 Å². The number of carbonyl (C=O) groups excluding carboxylic acids is 1. The highest BCUT2D eigenvalue weighted by Gasteiger charge is 2.18. The molecule has 0 spiro atoms. The first-order chi connectivity index (χ1) is 11.4. The highest BCUT2D eigenvalue weighted by Crippen LogP contribution is 2.29. The summed E-state index contributed by atoms with van der Waals surface area (Å²) in [6.45, 7) is 8.49. The van der Waals surface area contributed by atoms with Gasteiger partial charge in [-0.2, -0.15) is 0 Å². The van der Waals surface area contributed by atoms with Gasteiger partial charge in [0.2, 0.25) is 5.91 Å². The van der Waals surface area contributed by atoms with Gasteiger partial charge in [-0.05, 0) is 34.9 Å². The summed E-state index contributed by atoms with van der Waals surface area (Å²) in [5, 5.41) is 1.00. The molecule has 0 atom stereocenters. The van der Waals surface area contributed by atoms with Crippen molar-refractivity contribution in [1.29, 1.82) is 0 Å². The third-order valence-electron chi connectivity index (χ3n) is 3.99. The first-order valence-corrected chi connectivity index (χ1v) is 9.18. The summed E-state index contributed by atoms with van der Waals surface area (Å²) in [6.07, 6.45) is 0.427. The zero-order valence-corrected chi connectivity index (χ0v) is 16.1. The number of aryl methyl sites for hydroxylation is 2. The van der Waals surface area contributed by atoms with Gasteiger partial charge in [-0.15, -0.1) is 11.3 Å². The molecule has 130 valence electrons. The van der Waals surface area contributed by atoms with Crippen LogP contribution in [0.2, 0.25) is 0 Å². The molecule has 1 amide bonds. The molecule has 0 aliphatic carbocycles. The minimum absolute atomic E-state index is 0.177. The summed E-state index contributed by atoms with van der Waals surface area (Å²) >= 11 is 1.62. The fourth-order valence-electron chi connectivity index (χ4n) is 2.56. The van der Waals surface area contributed by atoms with Crippen molar-refractivity contribution in [3.63, 3.8) is 0 Å². The van der Waals surface area contributed by atoms with Crippen molar-refractivity contribution in [2.24, 2.45) is 0 Å². The van der Waals surface area contributed by atoms with Crippen LogP contribution in [0.5, 0.6) is 0 Å². The number of benzene rings is 1. The second-order valence-corrected chi connectivity index (χ2v) is 7.61. The maximum atomic E-state index is 12.7. The number of nitrogens with zero attached hydrogens (tertiary/aromatic N) is 3. The Bertz CT molecular complexity index is 676. The molecule has 0 bridgehead atoms. The molecular formula is C19H27N3OS. The van der Waals surface area contributed by atoms with Gasteiger partial charge < -0.3 is 9.80 Å². The Morgan fingerprint density at radius 3 is 2.38 bits per heavy atom. The van der Waals surface area contributed by atoms with Crippen LogP contribution in [-0.2, 0) is 11.2 Å². The average Bonchev–Trinajstić information content (AvgIpc) is 2.89. The first kappa shape index (κ1) is 18.6. The lowest BCUT2D eigenvalue weighted by molar-refractivity contribution is -0.130. The topological polar surface area (TPSA) is 36.4 Å². The Kier molecular flexibility index (Phi) is 6.52. The Hall–Kier alpha value is -1.72. The minimum atomic E-state index is 0.177. The predicted octanol–water partition coefficient (Wildman–Crippen LogP) is 3.38. The molecule has 2 rings (SSSR count). The average molecular weight is 346 g/mol. The minimum Gasteiger partial charge on any atom is -0.341 e. The molecule has 0 fully saturated rings. The lowest BCUT2D eigenvalue weighted by Gasteiger charge is -2.22. The van der Waals surface area contributed by atoms with Crippen LogP contribution >= 0.6 is 11.3 Å². The normalized spacial score (nSPS) is 11.1. The van der Waals surface area contributed by atoms with Crippen molar-refractivity contribution in [3.05, 3.63) is 39.7 Å². The number of thiazole rings is 1. The third kappa shape index (κ3) is 4.89. The van der Waals surface area contributed by atoms with E-state index in [0.29, 0.717) is 6.42 Å². The van der Waals surface area contributed by atoms with Gasteiger partial charge in [0.25, 0.3) is 0 Å². The molecule has 1 aromatic carbocycles. The van der Waals surface area contributed by atoms with Crippen molar-refractivity contribution in [1.82, 2.24) is 14.8 Å². The summed E-state index contributed by atoms with van der Waals surface area (Å²) in [4.78, 5) is 22.4. The molecule has 0 radical (unpaired) electrons. The molecule has 0 aliphatic rings. The van der Waals surface area contributed by atoms with Crippen LogP contribution in [0.15, 0.2) is 24.3 Å². The van der Waals surface area contributed by atoms with Crippen LogP contribution in [0.1, 0.15) is 22.4 Å². The summed E-state index contributed by atoms with van der Waals surface area (Å²) in [5.74, 6) is 0.177. The van der Waals surface area contributed by atoms with Gasteiger partial charge in [0, 0.05) is 30.1 Å². The lowest BCUT2D eigenvalue weighted by atomic mass is 10.1. The Labute approximate surface area is 149 Å². The summed E-state index contributed by atoms with van der Waals surface area (Å²) in [6, 6.07) is 8.35. The standard InChI is InChI=1S/C19H27N3OS/c1-6-22(12-11-21(4)5)18(23)13-17-19(20-15(3)24-17)16-9-7-14(2)8-10-16/h7-10H,6,11-13H2,1-5H3. The van der Waals surface area contributed by atoms with Crippen molar-refractivity contribution in [2.45, 2.75) is 27.2 Å². The number of rotatable bonds is 7. The fraction of sp³-hybridized carbons (Fsp3) is 0.474. The van der Waals surface area contributed by atoms with Crippen LogP contribution in [0.4, 0.5) is 0 Å². The van der Waals surface area contributed by atoms with Crippen LogP contribution in [0, 0.1) is 13.8 Å². The smallest absolute Gasteiger partial charge is 0.227 e. The summed E-state index contributed by atoms with van der Waals surface area (Å²) < 4.78 is 0. The summed E-state index contributed by atoms with van der Waals surface area (Å²) in [5.41, 5.74) is 3.27. The zero-order valence-electron chi connectivity index (χ0n) is 15.3. The van der Waals surface area contributed by atoms with Gasteiger partial charge in [0.05, 0.1) is 17.1 Å². The summed E-state index contributed by atoms with van der Waals surface area (Å²) in [7, 11) is 4.06. The van der Waals surface area contributed by atoms with Crippen molar-refractivity contribution in [3.8, 4) is 11.3 Å². The van der Waals surface area contributed by atoms with Gasteiger partial charge in [-0.25, -0.2) is 4.98 Å². The highest BCUT2D eigenvalue weighted by molar-refractivity contribution is 7.12. The third-order valence-corrected chi connectivity index (χ3v) is 4.96. The number of aromatic nitrogens is 1. The largest absolute Gasteiger partial charge is 0.341 e. The SMILES string of the molecule is CCN(CCN(C)C)C(=O)Cc1sc(C)nc1-c1ccc(C)cc1. The Balaban J connectivity index is 2.17. The highest BCUT2D eigenvalue weighted by atomic mass is 32.1. The van der Waals surface area contributed by atoms with E-state index in [1.165, 1.54) is 5.56 Å². The second-order valence-electron chi connectivity index (χ2n) is 6.32. The number of hydrogen-bond acceptors (Lipinski definition) is 4. The van der Waals surface area contributed by atoms with Crippen molar-refractivity contribution in [2.75, 3.05) is 33.7 Å². The van der Waals surface area contributed by atoms with E-state index in [4.69, 9.17) is 0 Å². The van der Waals surface area contributed by atoms with E-state index >= 15 is 0 Å². The molecule has 0 saturated carbocycles. The number of carbonyl (C=O) groups is 1. The van der Waals surface area contributed by atoms with Crippen LogP contribution in [-0.4, -0.2) is 54.4 Å². The molecule has 1 heterocycles. The molecule has 0 aliphatic heterocycles. The van der Waals surface area contributed by atoms with Gasteiger partial charge in [-0.3, -0.25) is 4.79 Å². The van der Waals surface area contributed by atoms with Crippen molar-refractivity contribution < 1.29 is 4.79 Å². The number of hydrogen-bond donors (Lipinski definition) is 0. The van der Waals surface area contributed by atoms with Crippen LogP contribution in [0.25, 0.3) is 11.3 Å². The maximum Gasteiger partial charge on any atom is 0.227 e. The van der Waals surface area contributed by atoms with Gasteiger partial charge in [-0.1, -0.05) is 29.8 Å². The number of amides is 1. The Morgan fingerprint density at radius 2 is 1.79 bits per heavy atom. The molecule has 0 unspecified atom stereocenters. The fourth-order valence-corrected chi connectivity index (χ4v) is 3.50. The van der Waals surface area contributed by atoms with E-state index < -0.39 is 0 Å².